The van der Waals surface area contributed by atoms with Crippen LogP contribution < -0.4 is 21.4 Å². The first kappa shape index (κ1) is 13.2. The monoisotopic (exact) mass is 240 g/mol. The highest BCUT2D eigenvalue weighted by atomic mass is 16.5. The van der Waals surface area contributed by atoms with Gasteiger partial charge in [-0.1, -0.05) is 6.07 Å². The van der Waals surface area contributed by atoms with Gasteiger partial charge in [-0.15, -0.1) is 0 Å². The average Bonchev–Trinajstić information content (AvgIpc) is 2.35. The average molecular weight is 240 g/mol. The molecular formula is C10H16N4O3. The van der Waals surface area contributed by atoms with Gasteiger partial charge in [0.25, 0.3) is 0 Å². The number of hydrogen-bond donors (Lipinski definition) is 3. The van der Waals surface area contributed by atoms with E-state index in [4.69, 9.17) is 16.4 Å². The predicted octanol–water partition coefficient (Wildman–Crippen LogP) is -0.207. The van der Waals surface area contributed by atoms with Crippen molar-refractivity contribution in [3.8, 4) is 5.75 Å². The summed E-state index contributed by atoms with van der Waals surface area (Å²) in [6.07, 6.45) is 0. The van der Waals surface area contributed by atoms with Crippen LogP contribution in [0.4, 0.5) is 10.5 Å². The lowest BCUT2D eigenvalue weighted by atomic mass is 10.1. The minimum Gasteiger partial charge on any atom is -0.496 e. The molecule has 0 aliphatic carbocycles. The first-order valence-electron chi connectivity index (χ1n) is 4.86. The van der Waals surface area contributed by atoms with Crippen molar-refractivity contribution in [2.24, 2.45) is 11.7 Å². The summed E-state index contributed by atoms with van der Waals surface area (Å²) in [6, 6.07) is 4.32. The molecule has 0 atom stereocenters. The van der Waals surface area contributed by atoms with Crippen LogP contribution in [-0.2, 0) is 6.61 Å². The molecule has 7 nitrogen and oxygen atoms in total. The van der Waals surface area contributed by atoms with E-state index < -0.39 is 6.03 Å². The summed E-state index contributed by atoms with van der Waals surface area (Å²) >= 11 is 0. The summed E-state index contributed by atoms with van der Waals surface area (Å²) in [5.41, 5.74) is 0.766. The van der Waals surface area contributed by atoms with Gasteiger partial charge in [-0.3, -0.25) is 5.01 Å². The zero-order valence-corrected chi connectivity index (χ0v) is 9.75. The van der Waals surface area contributed by atoms with E-state index in [0.29, 0.717) is 17.0 Å². The quantitative estimate of drug-likeness (QED) is 0.385. The van der Waals surface area contributed by atoms with E-state index in [1.807, 2.05) is 0 Å². The fraction of sp³-hybridized carbons (Fsp3) is 0.300. The molecule has 1 aromatic carbocycles. The van der Waals surface area contributed by atoms with Crippen molar-refractivity contribution in [2.75, 3.05) is 19.2 Å². The first-order valence-corrected chi connectivity index (χ1v) is 4.86. The Labute approximate surface area is 99.1 Å². The minimum absolute atomic E-state index is 0.297. The molecule has 0 heterocycles. The maximum atomic E-state index is 11.6. The summed E-state index contributed by atoms with van der Waals surface area (Å²) in [4.78, 5) is 11.6. The van der Waals surface area contributed by atoms with E-state index in [2.05, 4.69) is 0 Å². The number of hydrazine groups is 2. The molecule has 7 heteroatoms. The minimum atomic E-state index is -0.604. The molecule has 0 unspecified atom stereocenters. The Kier molecular flexibility index (Phi) is 4.27. The number of methoxy groups -OCH3 is 1. The van der Waals surface area contributed by atoms with E-state index in [1.165, 1.54) is 14.2 Å². The molecule has 1 aromatic rings. The topological polar surface area (TPSA) is 105 Å². The molecule has 0 saturated carbocycles. The van der Waals surface area contributed by atoms with Gasteiger partial charge in [0.1, 0.15) is 5.75 Å². The van der Waals surface area contributed by atoms with Crippen LogP contribution in [0.5, 0.6) is 5.75 Å². The smallest absolute Gasteiger partial charge is 0.352 e. The molecule has 1 rings (SSSR count). The van der Waals surface area contributed by atoms with Crippen LogP contribution in [0, 0.1) is 0 Å². The molecule has 0 aliphatic rings. The third-order valence-electron chi connectivity index (χ3n) is 2.25. The lowest BCUT2D eigenvalue weighted by molar-refractivity contribution is 0.216. The number of hydrogen-bond acceptors (Lipinski definition) is 5. The first-order chi connectivity index (χ1) is 8.02. The van der Waals surface area contributed by atoms with Crippen molar-refractivity contribution in [2.45, 2.75) is 6.61 Å². The van der Waals surface area contributed by atoms with Gasteiger partial charge in [-0.25, -0.2) is 21.5 Å². The molecule has 0 radical (unpaired) electrons. The number of nitrogens with zero attached hydrogens (tertiary/aromatic N) is 2. The van der Waals surface area contributed by atoms with Gasteiger partial charge in [0.05, 0.1) is 19.4 Å². The Bertz CT molecular complexity index is 409. The van der Waals surface area contributed by atoms with Gasteiger partial charge in [-0.2, -0.15) is 0 Å². The van der Waals surface area contributed by atoms with Crippen molar-refractivity contribution in [3.05, 3.63) is 23.8 Å². The van der Waals surface area contributed by atoms with E-state index in [0.717, 1.165) is 10.0 Å². The Morgan fingerprint density at radius 2 is 2.12 bits per heavy atom. The molecule has 94 valence electrons. The van der Waals surface area contributed by atoms with Gasteiger partial charge >= 0.3 is 6.03 Å². The highest BCUT2D eigenvalue weighted by molar-refractivity contribution is 5.91. The van der Waals surface area contributed by atoms with Gasteiger partial charge < -0.3 is 9.84 Å². The van der Waals surface area contributed by atoms with Gasteiger partial charge in [-0.05, 0) is 12.1 Å². The van der Waals surface area contributed by atoms with Crippen LogP contribution in [-0.4, -0.2) is 30.3 Å². The molecule has 0 aliphatic heterocycles. The third kappa shape index (κ3) is 2.64. The summed E-state index contributed by atoms with van der Waals surface area (Å²) in [6.45, 7) is -0.297. The lowest BCUT2D eigenvalue weighted by Gasteiger charge is -2.23. The molecule has 17 heavy (non-hydrogen) atoms. The number of anilines is 1. The molecule has 5 N–H and O–H groups in total. The van der Waals surface area contributed by atoms with E-state index >= 15 is 0 Å². The fourth-order valence-electron chi connectivity index (χ4n) is 1.40. The Morgan fingerprint density at radius 3 is 2.59 bits per heavy atom. The molecule has 2 amide bonds. The van der Waals surface area contributed by atoms with Gasteiger partial charge in [0.2, 0.25) is 0 Å². The third-order valence-corrected chi connectivity index (χ3v) is 2.25. The number of amides is 2. The van der Waals surface area contributed by atoms with Crippen molar-refractivity contribution < 1.29 is 14.6 Å². The number of ether oxygens (including phenoxy) is 1. The second kappa shape index (κ2) is 5.48. The number of carbonyl (C=O) groups excluding carboxylic acids is 1. The maximum absolute atomic E-state index is 11.6. The van der Waals surface area contributed by atoms with E-state index in [1.54, 1.807) is 18.2 Å². The standard InChI is InChI=1S/C10H16N4O3/c1-13(11)10(16)14(12)8-4-3-5-9(17-2)7(8)6-15/h3-5,15H,6,11-12H2,1-2H3. The number of rotatable bonds is 3. The normalized spacial score (nSPS) is 9.94. The SMILES string of the molecule is COc1cccc(N(N)C(=O)N(C)N)c1CO. The summed E-state index contributed by atoms with van der Waals surface area (Å²) in [5, 5.41) is 11.0. The largest absolute Gasteiger partial charge is 0.496 e. The summed E-state index contributed by atoms with van der Waals surface area (Å²) in [7, 11) is 2.84. The van der Waals surface area contributed by atoms with Crippen molar-refractivity contribution in [1.29, 1.82) is 0 Å². The summed E-state index contributed by atoms with van der Waals surface area (Å²) < 4.78 is 5.07. The highest BCUT2D eigenvalue weighted by Gasteiger charge is 2.19. The van der Waals surface area contributed by atoms with E-state index in [9.17, 15) is 9.90 Å². The van der Waals surface area contributed by atoms with Crippen molar-refractivity contribution in [3.63, 3.8) is 0 Å². The number of aliphatic hydroxyl groups excluding tert-OH is 1. The van der Waals surface area contributed by atoms with E-state index in [-0.39, 0.29) is 6.61 Å². The lowest BCUT2D eigenvalue weighted by Crippen LogP contribution is -2.48. The molecule has 0 spiro atoms. The molecule has 0 fully saturated rings. The zero-order valence-electron chi connectivity index (χ0n) is 9.75. The van der Waals surface area contributed by atoms with Crippen LogP contribution in [0.1, 0.15) is 5.56 Å². The Balaban J connectivity index is 3.17. The number of aliphatic hydroxyl groups is 1. The second-order valence-electron chi connectivity index (χ2n) is 3.38. The predicted molar refractivity (Wildman–Crippen MR) is 62.9 cm³/mol. The van der Waals surface area contributed by atoms with Gasteiger partial charge in [0.15, 0.2) is 0 Å². The number of nitrogens with two attached hydrogens (primary N) is 2. The van der Waals surface area contributed by atoms with Crippen molar-refractivity contribution in [1.82, 2.24) is 5.01 Å². The van der Waals surface area contributed by atoms with Crippen LogP contribution in [0.3, 0.4) is 0 Å². The summed E-state index contributed by atoms with van der Waals surface area (Å²) in [5.74, 6) is 11.4. The molecular weight excluding hydrogens is 224 g/mol. The van der Waals surface area contributed by atoms with Crippen LogP contribution in [0.2, 0.25) is 0 Å². The number of urea groups is 1. The second-order valence-corrected chi connectivity index (χ2v) is 3.38. The van der Waals surface area contributed by atoms with Crippen molar-refractivity contribution >= 4 is 11.7 Å². The van der Waals surface area contributed by atoms with Crippen LogP contribution in [0.25, 0.3) is 0 Å². The fourth-order valence-corrected chi connectivity index (χ4v) is 1.40. The van der Waals surface area contributed by atoms with Gasteiger partial charge in [0, 0.05) is 12.6 Å². The zero-order chi connectivity index (χ0) is 13.0. The Morgan fingerprint density at radius 1 is 1.47 bits per heavy atom. The number of benzene rings is 1. The number of carbonyl (C=O) groups is 1. The van der Waals surface area contributed by atoms with Crippen LogP contribution in [0.15, 0.2) is 18.2 Å². The molecule has 0 aromatic heterocycles. The Hall–Kier alpha value is -1.83. The van der Waals surface area contributed by atoms with Crippen LogP contribution >= 0.6 is 0 Å². The molecule has 0 saturated heterocycles. The molecule has 0 bridgehead atoms. The highest BCUT2D eigenvalue weighted by Crippen LogP contribution is 2.28. The maximum Gasteiger partial charge on any atom is 0.352 e.